The van der Waals surface area contributed by atoms with Crippen LogP contribution >= 0.6 is 7.82 Å². The molecule has 4 aliphatic rings. The number of phosphoric ester groups is 1. The Hall–Kier alpha value is -1.73. The minimum atomic E-state index is -4.64. The number of aliphatic hydroxyl groups excluding tert-OH is 1. The largest absolute Gasteiger partial charge is 0.472 e. The van der Waals surface area contributed by atoms with Gasteiger partial charge in [0.05, 0.1) is 25.2 Å². The van der Waals surface area contributed by atoms with Gasteiger partial charge >= 0.3 is 7.82 Å². The molecule has 3 saturated carbocycles. The number of rotatable bonds is 7. The van der Waals surface area contributed by atoms with Gasteiger partial charge < -0.3 is 15.1 Å². The molecule has 0 aliphatic heterocycles. The van der Waals surface area contributed by atoms with Crippen molar-refractivity contribution in [3.8, 4) is 6.07 Å². The van der Waals surface area contributed by atoms with Crippen molar-refractivity contribution in [1.82, 2.24) is 0 Å². The number of nitrogens with zero attached hydrogens (tertiary/aromatic N) is 1. The minimum Gasteiger partial charge on any atom is -0.390 e. The van der Waals surface area contributed by atoms with Crippen molar-refractivity contribution in [2.75, 3.05) is 13.2 Å². The minimum absolute atomic E-state index is 0.147. The molecule has 4 aliphatic carbocycles. The van der Waals surface area contributed by atoms with Gasteiger partial charge in [-0.3, -0.25) is 18.6 Å². The molecule has 3 N–H and O–H groups in total. The van der Waals surface area contributed by atoms with E-state index in [9.17, 15) is 29.3 Å². The van der Waals surface area contributed by atoms with E-state index in [0.717, 1.165) is 0 Å². The van der Waals surface area contributed by atoms with Gasteiger partial charge in [-0.25, -0.2) is 8.96 Å². The Labute approximate surface area is 209 Å². The number of hydrogen-bond acceptors (Lipinski definition) is 8. The number of fused-ring (bicyclic) bond motifs is 5. The van der Waals surface area contributed by atoms with Gasteiger partial charge in [0, 0.05) is 16.7 Å². The van der Waals surface area contributed by atoms with Crippen LogP contribution < -0.4 is 0 Å². The van der Waals surface area contributed by atoms with E-state index in [0.29, 0.717) is 24.8 Å². The number of halogens is 1. The molecule has 0 saturated heterocycles. The molecule has 36 heavy (non-hydrogen) atoms. The van der Waals surface area contributed by atoms with Crippen molar-refractivity contribution in [1.29, 1.82) is 5.26 Å². The maximum absolute atomic E-state index is 17.1. The molecule has 9 atom stereocenters. The van der Waals surface area contributed by atoms with E-state index in [4.69, 9.17) is 9.79 Å². The van der Waals surface area contributed by atoms with Crippen LogP contribution in [0.4, 0.5) is 4.39 Å². The Bertz CT molecular complexity index is 1120. The number of carbonyl (C=O) groups is 2. The SMILES string of the molecule is C[C@@H]1C[C@H]2[C@@H]3CCC4=CC(=O)C=C[C@]4(C)[C@@]3(F)[C@@H](O)C[C@]2(C)[C@@]1(O)C(=O)COP(=O)(O)OCCC#N. The standard InChI is InChI=1S/C25H33FNO8P/c1-15-11-19-18-6-5-16-12-17(28)7-8-22(16,2)24(18,26)20(29)13-23(19,3)25(15,31)21(30)14-35-36(32,33)34-10-4-9-27/h7-8,12,15,18-20,29,31H,4-6,10-11,13-14H2,1-3H3,(H,32,33)/t15-,18+,19+,20+,22+,23+,24+,25+/m1/s1. The fourth-order valence-corrected chi connectivity index (χ4v) is 8.31. The zero-order valence-electron chi connectivity index (χ0n) is 20.6. The number of hydrogen-bond donors (Lipinski definition) is 3. The molecule has 0 radical (unpaired) electrons. The lowest BCUT2D eigenvalue weighted by Crippen LogP contribution is -2.69. The maximum atomic E-state index is 17.1. The van der Waals surface area contributed by atoms with Crippen LogP contribution in [0.2, 0.25) is 0 Å². The summed E-state index contributed by atoms with van der Waals surface area (Å²) in [7, 11) is -4.64. The molecule has 3 fully saturated rings. The highest BCUT2D eigenvalue weighted by Crippen LogP contribution is 2.70. The van der Waals surface area contributed by atoms with E-state index in [1.807, 2.05) is 0 Å². The third-order valence-corrected chi connectivity index (χ3v) is 10.4. The number of alkyl halides is 1. The topological polar surface area (TPSA) is 154 Å². The van der Waals surface area contributed by atoms with Crippen LogP contribution in [0, 0.1) is 39.9 Å². The molecule has 0 amide bonds. The van der Waals surface area contributed by atoms with Crippen molar-refractivity contribution >= 4 is 19.4 Å². The molecular weight excluding hydrogens is 492 g/mol. The smallest absolute Gasteiger partial charge is 0.390 e. The average Bonchev–Trinajstić information content (AvgIpc) is 3.00. The van der Waals surface area contributed by atoms with E-state index < -0.39 is 66.2 Å². The molecule has 4 rings (SSSR count). The van der Waals surface area contributed by atoms with Crippen LogP contribution in [0.5, 0.6) is 0 Å². The van der Waals surface area contributed by atoms with Crippen molar-refractivity contribution < 1.29 is 42.7 Å². The Morgan fingerprint density at radius 1 is 1.33 bits per heavy atom. The van der Waals surface area contributed by atoms with Gasteiger partial charge in [-0.05, 0) is 56.6 Å². The Balaban J connectivity index is 1.62. The number of phosphoric acid groups is 1. The third kappa shape index (κ3) is 3.71. The summed E-state index contributed by atoms with van der Waals surface area (Å²) in [6.07, 6.45) is 3.55. The molecule has 0 bridgehead atoms. The monoisotopic (exact) mass is 525 g/mol. The lowest BCUT2D eigenvalue weighted by atomic mass is 9.44. The van der Waals surface area contributed by atoms with Crippen LogP contribution in [0.25, 0.3) is 0 Å². The normalized spacial score (nSPS) is 45.1. The van der Waals surface area contributed by atoms with E-state index in [2.05, 4.69) is 4.52 Å². The van der Waals surface area contributed by atoms with Crippen LogP contribution in [-0.2, 0) is 23.2 Å². The summed E-state index contributed by atoms with van der Waals surface area (Å²) in [5.74, 6) is -2.85. The first-order chi connectivity index (χ1) is 16.7. The summed E-state index contributed by atoms with van der Waals surface area (Å²) in [6.45, 7) is 3.75. The summed E-state index contributed by atoms with van der Waals surface area (Å²) in [6, 6.07) is 1.75. The molecule has 0 spiro atoms. The van der Waals surface area contributed by atoms with Gasteiger partial charge in [0.25, 0.3) is 0 Å². The van der Waals surface area contributed by atoms with E-state index >= 15 is 4.39 Å². The van der Waals surface area contributed by atoms with Gasteiger partial charge in [-0.15, -0.1) is 0 Å². The Kier molecular flexibility index (Phi) is 6.78. The second-order valence-electron chi connectivity index (χ2n) is 11.1. The zero-order chi connectivity index (χ0) is 26.7. The summed E-state index contributed by atoms with van der Waals surface area (Å²) in [5, 5.41) is 31.7. The quantitative estimate of drug-likeness (QED) is 0.336. The van der Waals surface area contributed by atoms with Crippen molar-refractivity contribution in [3.63, 3.8) is 0 Å². The first kappa shape index (κ1) is 27.3. The van der Waals surface area contributed by atoms with Crippen LogP contribution in [0.15, 0.2) is 23.8 Å². The van der Waals surface area contributed by atoms with Crippen molar-refractivity contribution in [2.24, 2.45) is 28.6 Å². The predicted octanol–water partition coefficient (Wildman–Crippen LogP) is 2.95. The highest BCUT2D eigenvalue weighted by molar-refractivity contribution is 7.47. The van der Waals surface area contributed by atoms with Gasteiger partial charge in [0.15, 0.2) is 17.2 Å². The van der Waals surface area contributed by atoms with Crippen LogP contribution in [0.3, 0.4) is 0 Å². The molecular formula is C25H33FNO8P. The molecule has 0 aromatic carbocycles. The van der Waals surface area contributed by atoms with Crippen molar-refractivity contribution in [2.45, 2.75) is 70.2 Å². The highest BCUT2D eigenvalue weighted by Gasteiger charge is 2.75. The Morgan fingerprint density at radius 2 is 2.03 bits per heavy atom. The van der Waals surface area contributed by atoms with Gasteiger partial charge in [-0.1, -0.05) is 25.5 Å². The maximum Gasteiger partial charge on any atom is 0.472 e. The number of nitriles is 1. The van der Waals surface area contributed by atoms with Gasteiger partial charge in [-0.2, -0.15) is 5.26 Å². The predicted molar refractivity (Wildman–Crippen MR) is 125 cm³/mol. The highest BCUT2D eigenvalue weighted by atomic mass is 31.2. The average molecular weight is 526 g/mol. The second kappa shape index (κ2) is 8.93. The fourth-order valence-electron chi connectivity index (χ4n) is 7.63. The number of allylic oxidation sites excluding steroid dienone is 4. The lowest BCUT2D eigenvalue weighted by Gasteiger charge is -2.62. The molecule has 1 unspecified atom stereocenters. The number of Topliss-reactive ketones (excluding diaryl/α,β-unsaturated/α-hetero) is 1. The molecule has 198 valence electrons. The zero-order valence-corrected chi connectivity index (χ0v) is 21.5. The van der Waals surface area contributed by atoms with E-state index in [-0.39, 0.29) is 25.2 Å². The number of carbonyl (C=O) groups excluding carboxylic acids is 2. The molecule has 9 nitrogen and oxygen atoms in total. The van der Waals surface area contributed by atoms with E-state index in [1.54, 1.807) is 26.8 Å². The second-order valence-corrected chi connectivity index (χ2v) is 12.5. The van der Waals surface area contributed by atoms with Crippen molar-refractivity contribution in [3.05, 3.63) is 23.8 Å². The van der Waals surface area contributed by atoms with Crippen LogP contribution in [0.1, 0.15) is 52.9 Å². The lowest BCUT2D eigenvalue weighted by molar-refractivity contribution is -0.219. The van der Waals surface area contributed by atoms with Gasteiger partial charge in [0.2, 0.25) is 0 Å². The summed E-state index contributed by atoms with van der Waals surface area (Å²) < 4.78 is 38.7. The summed E-state index contributed by atoms with van der Waals surface area (Å²) in [4.78, 5) is 35.1. The first-order valence-electron chi connectivity index (χ1n) is 12.2. The molecule has 11 heteroatoms. The molecule has 0 heterocycles. The summed E-state index contributed by atoms with van der Waals surface area (Å²) in [5.41, 5.74) is -5.91. The van der Waals surface area contributed by atoms with Crippen LogP contribution in [-0.4, -0.2) is 57.3 Å². The van der Waals surface area contributed by atoms with Gasteiger partial charge in [0.1, 0.15) is 12.2 Å². The first-order valence-corrected chi connectivity index (χ1v) is 13.7. The molecule has 0 aromatic rings. The number of ketones is 2. The molecule has 0 aromatic heterocycles. The number of aliphatic hydroxyl groups is 2. The Morgan fingerprint density at radius 3 is 2.69 bits per heavy atom. The third-order valence-electron chi connectivity index (χ3n) is 9.47. The summed E-state index contributed by atoms with van der Waals surface area (Å²) >= 11 is 0. The van der Waals surface area contributed by atoms with E-state index in [1.165, 1.54) is 18.2 Å². The fraction of sp³-hybridized carbons (Fsp3) is 0.720.